The highest BCUT2D eigenvalue weighted by molar-refractivity contribution is 6.18. The van der Waals surface area contributed by atoms with Crippen molar-refractivity contribution in [1.29, 1.82) is 0 Å². The first-order valence-corrected chi connectivity index (χ1v) is 4.88. The van der Waals surface area contributed by atoms with Crippen LogP contribution in [0.25, 0.3) is 6.08 Å². The molecule has 1 aromatic rings. The van der Waals surface area contributed by atoms with Crippen molar-refractivity contribution in [3.05, 3.63) is 42.0 Å². The Morgan fingerprint density at radius 3 is 2.56 bits per heavy atom. The van der Waals surface area contributed by atoms with Gasteiger partial charge in [-0.15, -0.1) is 0 Å². The van der Waals surface area contributed by atoms with E-state index in [0.29, 0.717) is 5.84 Å². The fraction of sp³-hybridized carbons (Fsp3) is 0.0833. The number of rotatable bonds is 2. The summed E-state index contributed by atoms with van der Waals surface area (Å²) in [5.41, 5.74) is 0.984. The van der Waals surface area contributed by atoms with E-state index in [1.54, 1.807) is 12.2 Å². The van der Waals surface area contributed by atoms with Crippen LogP contribution in [0.15, 0.2) is 41.4 Å². The van der Waals surface area contributed by atoms with E-state index in [9.17, 15) is 9.59 Å². The topological polar surface area (TPSA) is 58.5 Å². The van der Waals surface area contributed by atoms with Crippen LogP contribution in [0.2, 0.25) is 0 Å². The number of amidine groups is 1. The summed E-state index contributed by atoms with van der Waals surface area (Å²) in [6.07, 6.45) is 3.24. The van der Waals surface area contributed by atoms with E-state index in [1.807, 2.05) is 30.3 Å². The quantitative estimate of drug-likeness (QED) is 0.750. The maximum Gasteiger partial charge on any atom is 0.257 e. The molecule has 0 unspecified atom stereocenters. The van der Waals surface area contributed by atoms with Crippen LogP contribution in [0.1, 0.15) is 12.0 Å². The number of amides is 2. The Bertz CT molecular complexity index is 475. The Labute approximate surface area is 92.7 Å². The highest BCUT2D eigenvalue weighted by atomic mass is 16.2. The standard InChI is InChI=1S/C12H10N2O2/c15-11-8-12(16)14-10(13-11)7-6-9-4-2-1-3-5-9/h1-7H,8H2,(H,13,14,15,16)/b7-6+. The molecule has 0 fully saturated rings. The summed E-state index contributed by atoms with van der Waals surface area (Å²) < 4.78 is 0. The lowest BCUT2D eigenvalue weighted by molar-refractivity contribution is -0.127. The third-order valence-corrected chi connectivity index (χ3v) is 2.06. The monoisotopic (exact) mass is 214 g/mol. The lowest BCUT2D eigenvalue weighted by Crippen LogP contribution is -2.35. The normalized spacial score (nSPS) is 16.1. The van der Waals surface area contributed by atoms with Gasteiger partial charge in [-0.1, -0.05) is 36.4 Å². The van der Waals surface area contributed by atoms with Crippen molar-refractivity contribution in [2.24, 2.45) is 4.99 Å². The van der Waals surface area contributed by atoms with Gasteiger partial charge in [0.1, 0.15) is 12.3 Å². The van der Waals surface area contributed by atoms with E-state index in [-0.39, 0.29) is 12.3 Å². The minimum atomic E-state index is -0.406. The summed E-state index contributed by atoms with van der Waals surface area (Å²) >= 11 is 0. The Balaban J connectivity index is 2.13. The molecule has 16 heavy (non-hydrogen) atoms. The number of carbonyl (C=O) groups excluding carboxylic acids is 2. The van der Waals surface area contributed by atoms with Crippen LogP contribution in [-0.4, -0.2) is 17.6 Å². The smallest absolute Gasteiger partial charge is 0.257 e. The van der Waals surface area contributed by atoms with Gasteiger partial charge in [0.05, 0.1) is 0 Å². The van der Waals surface area contributed by atoms with Gasteiger partial charge >= 0.3 is 0 Å². The van der Waals surface area contributed by atoms with E-state index in [4.69, 9.17) is 0 Å². The molecule has 2 amide bonds. The Morgan fingerprint density at radius 2 is 1.88 bits per heavy atom. The number of benzene rings is 1. The molecular formula is C12H10N2O2. The number of hydrogen-bond donors (Lipinski definition) is 1. The van der Waals surface area contributed by atoms with Crippen molar-refractivity contribution in [2.45, 2.75) is 6.42 Å². The number of carbonyl (C=O) groups is 2. The van der Waals surface area contributed by atoms with Gasteiger partial charge in [0.25, 0.3) is 5.91 Å². The zero-order chi connectivity index (χ0) is 11.4. The lowest BCUT2D eigenvalue weighted by atomic mass is 10.2. The molecule has 1 aromatic carbocycles. The molecule has 0 aliphatic carbocycles. The molecule has 1 aliphatic rings. The molecule has 1 aliphatic heterocycles. The number of nitrogens with one attached hydrogen (secondary N) is 1. The van der Waals surface area contributed by atoms with Crippen LogP contribution in [0.5, 0.6) is 0 Å². The van der Waals surface area contributed by atoms with Gasteiger partial charge in [-0.25, -0.2) is 0 Å². The zero-order valence-electron chi connectivity index (χ0n) is 8.51. The summed E-state index contributed by atoms with van der Waals surface area (Å²) in [4.78, 5) is 25.8. The van der Waals surface area contributed by atoms with Gasteiger partial charge in [-0.3, -0.25) is 9.59 Å². The molecule has 0 radical (unpaired) electrons. The third-order valence-electron chi connectivity index (χ3n) is 2.06. The fourth-order valence-electron chi connectivity index (χ4n) is 1.34. The molecule has 0 aromatic heterocycles. The van der Waals surface area contributed by atoms with Crippen molar-refractivity contribution in [2.75, 3.05) is 0 Å². The van der Waals surface area contributed by atoms with Crippen LogP contribution in [0, 0.1) is 0 Å². The highest BCUT2D eigenvalue weighted by Crippen LogP contribution is 2.02. The van der Waals surface area contributed by atoms with Crippen LogP contribution in [0.3, 0.4) is 0 Å². The number of hydrogen-bond acceptors (Lipinski definition) is 2. The Hall–Kier alpha value is -2.23. The molecule has 0 saturated heterocycles. The maximum atomic E-state index is 11.0. The largest absolute Gasteiger partial charge is 0.310 e. The molecule has 0 atom stereocenters. The number of nitrogens with zero attached hydrogens (tertiary/aromatic N) is 1. The van der Waals surface area contributed by atoms with Crippen LogP contribution >= 0.6 is 0 Å². The second-order valence-electron chi connectivity index (χ2n) is 3.36. The summed E-state index contributed by atoms with van der Waals surface area (Å²) in [5, 5.41) is 2.52. The van der Waals surface area contributed by atoms with Gasteiger partial charge in [0.15, 0.2) is 0 Å². The van der Waals surface area contributed by atoms with E-state index >= 15 is 0 Å². The van der Waals surface area contributed by atoms with E-state index < -0.39 is 5.91 Å². The zero-order valence-corrected chi connectivity index (χ0v) is 8.51. The average molecular weight is 214 g/mol. The number of aliphatic imine (C=N–C) groups is 1. The van der Waals surface area contributed by atoms with Crippen molar-refractivity contribution in [1.82, 2.24) is 5.32 Å². The molecular weight excluding hydrogens is 204 g/mol. The Morgan fingerprint density at radius 1 is 1.12 bits per heavy atom. The molecule has 0 spiro atoms. The highest BCUT2D eigenvalue weighted by Gasteiger charge is 2.15. The van der Waals surface area contributed by atoms with E-state index in [0.717, 1.165) is 5.56 Å². The predicted octanol–water partition coefficient (Wildman–Crippen LogP) is 1.14. The summed E-state index contributed by atoms with van der Waals surface area (Å²) in [5.74, 6) is -0.422. The molecule has 4 heteroatoms. The van der Waals surface area contributed by atoms with Crippen molar-refractivity contribution < 1.29 is 9.59 Å². The summed E-state index contributed by atoms with van der Waals surface area (Å²) in [6.45, 7) is 0. The molecule has 0 bridgehead atoms. The molecule has 80 valence electrons. The Kier molecular flexibility index (Phi) is 2.91. The second kappa shape index (κ2) is 4.53. The van der Waals surface area contributed by atoms with Gasteiger partial charge < -0.3 is 5.32 Å². The summed E-state index contributed by atoms with van der Waals surface area (Å²) in [7, 11) is 0. The first-order chi connectivity index (χ1) is 7.74. The minimum absolute atomic E-state index is 0.164. The minimum Gasteiger partial charge on any atom is -0.310 e. The van der Waals surface area contributed by atoms with E-state index in [2.05, 4.69) is 10.3 Å². The predicted molar refractivity (Wildman–Crippen MR) is 60.7 cm³/mol. The van der Waals surface area contributed by atoms with Crippen molar-refractivity contribution in [3.8, 4) is 0 Å². The van der Waals surface area contributed by atoms with E-state index in [1.165, 1.54) is 0 Å². The lowest BCUT2D eigenvalue weighted by Gasteiger charge is -2.08. The first-order valence-electron chi connectivity index (χ1n) is 4.88. The molecule has 4 nitrogen and oxygen atoms in total. The van der Waals surface area contributed by atoms with Gasteiger partial charge in [-0.05, 0) is 11.6 Å². The van der Waals surface area contributed by atoms with Crippen molar-refractivity contribution >= 4 is 23.7 Å². The average Bonchev–Trinajstić information content (AvgIpc) is 2.27. The molecule has 1 heterocycles. The van der Waals surface area contributed by atoms with Gasteiger partial charge in [0.2, 0.25) is 5.91 Å². The van der Waals surface area contributed by atoms with Crippen LogP contribution in [0.4, 0.5) is 0 Å². The van der Waals surface area contributed by atoms with Crippen LogP contribution < -0.4 is 5.32 Å². The third kappa shape index (κ3) is 2.63. The first kappa shape index (κ1) is 10.3. The second-order valence-corrected chi connectivity index (χ2v) is 3.36. The van der Waals surface area contributed by atoms with Crippen LogP contribution in [-0.2, 0) is 9.59 Å². The molecule has 1 N–H and O–H groups in total. The summed E-state index contributed by atoms with van der Waals surface area (Å²) in [6, 6.07) is 9.58. The van der Waals surface area contributed by atoms with Crippen molar-refractivity contribution in [3.63, 3.8) is 0 Å². The fourth-order valence-corrected chi connectivity index (χ4v) is 1.34. The molecule has 2 rings (SSSR count). The molecule has 0 saturated carbocycles. The van der Waals surface area contributed by atoms with Gasteiger partial charge in [0, 0.05) is 0 Å². The SMILES string of the molecule is O=C1CC(=O)NC(/C=C/c2ccccc2)=N1. The van der Waals surface area contributed by atoms with Gasteiger partial charge in [-0.2, -0.15) is 4.99 Å². The maximum absolute atomic E-state index is 11.0.